The van der Waals surface area contributed by atoms with Crippen LogP contribution in [0.5, 0.6) is 5.75 Å². The first-order valence-electron chi connectivity index (χ1n) is 9.36. The molecule has 0 bridgehead atoms. The molecule has 152 valence electrons. The molecule has 1 saturated heterocycles. The minimum absolute atomic E-state index is 0.0236. The summed E-state index contributed by atoms with van der Waals surface area (Å²) in [5.41, 5.74) is 1.89. The predicted octanol–water partition coefficient (Wildman–Crippen LogP) is 3.18. The van der Waals surface area contributed by atoms with Crippen molar-refractivity contribution < 1.29 is 28.2 Å². The van der Waals surface area contributed by atoms with E-state index in [1.165, 1.54) is 19.2 Å². The summed E-state index contributed by atoms with van der Waals surface area (Å²) in [6, 6.07) is 11.3. The summed E-state index contributed by atoms with van der Waals surface area (Å²) in [6.45, 7) is 1.69. The molecular formula is C22H22FNO5. The lowest BCUT2D eigenvalue weighted by Gasteiger charge is -2.19. The number of Topliss-reactive ketones (excluding diaryl/α,β-unsaturated/α-hetero) is 1. The highest BCUT2D eigenvalue weighted by molar-refractivity contribution is 6.01. The smallest absolute Gasteiger partial charge is 0.311 e. The van der Waals surface area contributed by atoms with Crippen LogP contribution in [-0.2, 0) is 20.7 Å². The van der Waals surface area contributed by atoms with Crippen LogP contribution in [0.4, 0.5) is 10.1 Å². The first kappa shape index (κ1) is 20.5. The number of ketones is 1. The van der Waals surface area contributed by atoms with Crippen molar-refractivity contribution >= 4 is 23.3 Å². The van der Waals surface area contributed by atoms with Gasteiger partial charge in [-0.05, 0) is 36.2 Å². The number of nitrogens with zero attached hydrogens (tertiary/aromatic N) is 1. The highest BCUT2D eigenvalue weighted by atomic mass is 19.1. The Balaban J connectivity index is 1.61. The molecule has 0 unspecified atom stereocenters. The number of ether oxygens (including phenoxy) is 2. The van der Waals surface area contributed by atoms with Gasteiger partial charge in [0.25, 0.3) is 0 Å². The van der Waals surface area contributed by atoms with E-state index in [4.69, 9.17) is 9.47 Å². The molecule has 29 heavy (non-hydrogen) atoms. The van der Waals surface area contributed by atoms with Gasteiger partial charge >= 0.3 is 5.97 Å². The number of hydrogen-bond donors (Lipinski definition) is 0. The van der Waals surface area contributed by atoms with Gasteiger partial charge in [0.2, 0.25) is 5.91 Å². The van der Waals surface area contributed by atoms with Gasteiger partial charge in [0, 0.05) is 24.2 Å². The minimum atomic E-state index is -0.670. The van der Waals surface area contributed by atoms with E-state index in [-0.39, 0.29) is 30.2 Å². The van der Waals surface area contributed by atoms with Crippen molar-refractivity contribution in [2.24, 2.45) is 5.92 Å². The number of methoxy groups -OCH3 is 1. The van der Waals surface area contributed by atoms with Gasteiger partial charge < -0.3 is 14.4 Å². The van der Waals surface area contributed by atoms with Gasteiger partial charge in [-0.2, -0.15) is 0 Å². The molecule has 0 saturated carbocycles. The molecule has 0 radical (unpaired) electrons. The van der Waals surface area contributed by atoms with Crippen LogP contribution in [0.3, 0.4) is 0 Å². The summed E-state index contributed by atoms with van der Waals surface area (Å²) in [7, 11) is 1.33. The topological polar surface area (TPSA) is 72.9 Å². The molecule has 0 aromatic heterocycles. The zero-order valence-corrected chi connectivity index (χ0v) is 16.3. The first-order valence-corrected chi connectivity index (χ1v) is 9.36. The summed E-state index contributed by atoms with van der Waals surface area (Å²) >= 11 is 0. The van der Waals surface area contributed by atoms with Gasteiger partial charge in [-0.1, -0.05) is 25.1 Å². The molecule has 1 amide bonds. The largest absolute Gasteiger partial charge is 0.494 e. The van der Waals surface area contributed by atoms with Crippen LogP contribution in [0, 0.1) is 11.7 Å². The maximum absolute atomic E-state index is 13.7. The van der Waals surface area contributed by atoms with Gasteiger partial charge in [-0.15, -0.1) is 0 Å². The summed E-state index contributed by atoms with van der Waals surface area (Å²) < 4.78 is 23.7. The van der Waals surface area contributed by atoms with Crippen molar-refractivity contribution in [1.82, 2.24) is 0 Å². The Labute approximate surface area is 168 Å². The molecule has 1 aliphatic heterocycles. The molecule has 3 rings (SSSR count). The standard InChI is InChI=1S/C22H22FNO5/c1-3-14-6-4-5-7-18(14)24-12-16(11-21(24)26)22(27)29-13-19(25)15-8-9-20(28-2)17(23)10-15/h4-10,16H,3,11-13H2,1-2H3/t16-/m1/s1. The highest BCUT2D eigenvalue weighted by Gasteiger charge is 2.37. The third kappa shape index (κ3) is 4.45. The molecule has 0 N–H and O–H groups in total. The molecule has 0 spiro atoms. The Bertz CT molecular complexity index is 943. The van der Waals surface area contributed by atoms with Crippen LogP contribution in [-0.4, -0.2) is 37.9 Å². The van der Waals surface area contributed by atoms with Gasteiger partial charge in [0.05, 0.1) is 13.0 Å². The van der Waals surface area contributed by atoms with Crippen LogP contribution in [0.1, 0.15) is 29.3 Å². The maximum Gasteiger partial charge on any atom is 0.311 e. The molecule has 7 heteroatoms. The van der Waals surface area contributed by atoms with Crippen LogP contribution in [0.15, 0.2) is 42.5 Å². The molecule has 1 heterocycles. The van der Waals surface area contributed by atoms with E-state index in [1.54, 1.807) is 4.90 Å². The lowest BCUT2D eigenvalue weighted by molar-refractivity contribution is -0.147. The number of carbonyl (C=O) groups is 3. The van der Waals surface area contributed by atoms with E-state index < -0.39 is 30.1 Å². The van der Waals surface area contributed by atoms with E-state index in [0.29, 0.717) is 0 Å². The highest BCUT2D eigenvalue weighted by Crippen LogP contribution is 2.29. The van der Waals surface area contributed by atoms with Crippen molar-refractivity contribution in [3.05, 3.63) is 59.4 Å². The number of esters is 1. The Hall–Kier alpha value is -3.22. The van der Waals surface area contributed by atoms with Crippen LogP contribution in [0.2, 0.25) is 0 Å². The average Bonchev–Trinajstić information content (AvgIpc) is 3.13. The number of aryl methyl sites for hydroxylation is 1. The Morgan fingerprint density at radius 2 is 1.97 bits per heavy atom. The third-order valence-electron chi connectivity index (χ3n) is 4.94. The Morgan fingerprint density at radius 1 is 1.21 bits per heavy atom. The molecule has 1 aliphatic rings. The maximum atomic E-state index is 13.7. The van der Waals surface area contributed by atoms with Crippen molar-refractivity contribution in [3.63, 3.8) is 0 Å². The fourth-order valence-corrected chi connectivity index (χ4v) is 3.35. The Kier molecular flexibility index (Phi) is 6.26. The van der Waals surface area contributed by atoms with E-state index in [0.717, 1.165) is 23.7 Å². The molecule has 6 nitrogen and oxygen atoms in total. The number of halogens is 1. The number of rotatable bonds is 7. The molecule has 2 aromatic carbocycles. The molecule has 1 atom stereocenters. The first-order chi connectivity index (χ1) is 13.9. The van der Waals surface area contributed by atoms with Gasteiger partial charge in [-0.3, -0.25) is 14.4 Å². The van der Waals surface area contributed by atoms with Crippen LogP contribution < -0.4 is 9.64 Å². The summed E-state index contributed by atoms with van der Waals surface area (Å²) in [4.78, 5) is 38.6. The second kappa shape index (κ2) is 8.86. The van der Waals surface area contributed by atoms with E-state index in [2.05, 4.69) is 0 Å². The fraction of sp³-hybridized carbons (Fsp3) is 0.318. The number of anilines is 1. The van der Waals surface area contributed by atoms with Gasteiger partial charge in [0.15, 0.2) is 24.0 Å². The average molecular weight is 399 g/mol. The fourth-order valence-electron chi connectivity index (χ4n) is 3.35. The number of carbonyl (C=O) groups excluding carboxylic acids is 3. The van der Waals surface area contributed by atoms with E-state index in [9.17, 15) is 18.8 Å². The predicted molar refractivity (Wildman–Crippen MR) is 105 cm³/mol. The summed E-state index contributed by atoms with van der Waals surface area (Å²) in [5, 5.41) is 0. The second-order valence-corrected chi connectivity index (χ2v) is 6.77. The number of amides is 1. The summed E-state index contributed by atoms with van der Waals surface area (Å²) in [6.07, 6.45) is 0.796. The molecular weight excluding hydrogens is 377 g/mol. The number of para-hydroxylation sites is 1. The Morgan fingerprint density at radius 3 is 2.66 bits per heavy atom. The van der Waals surface area contributed by atoms with E-state index >= 15 is 0 Å². The summed E-state index contributed by atoms with van der Waals surface area (Å²) in [5.74, 6) is -2.59. The molecule has 1 fully saturated rings. The normalized spacial score (nSPS) is 16.0. The quantitative estimate of drug-likeness (QED) is 0.528. The van der Waals surface area contributed by atoms with Crippen molar-refractivity contribution in [3.8, 4) is 5.75 Å². The number of benzene rings is 2. The molecule has 0 aliphatic carbocycles. The number of hydrogen-bond acceptors (Lipinski definition) is 5. The zero-order valence-electron chi connectivity index (χ0n) is 16.3. The van der Waals surface area contributed by atoms with Crippen molar-refractivity contribution in [2.75, 3.05) is 25.2 Å². The SMILES string of the molecule is CCc1ccccc1N1C[C@H](C(=O)OCC(=O)c2ccc(OC)c(F)c2)CC1=O. The van der Waals surface area contributed by atoms with Crippen molar-refractivity contribution in [2.45, 2.75) is 19.8 Å². The second-order valence-electron chi connectivity index (χ2n) is 6.77. The lowest BCUT2D eigenvalue weighted by Crippen LogP contribution is -2.28. The molecule has 2 aromatic rings. The third-order valence-corrected chi connectivity index (χ3v) is 4.94. The van der Waals surface area contributed by atoms with Gasteiger partial charge in [0.1, 0.15) is 0 Å². The lowest BCUT2D eigenvalue weighted by atomic mass is 10.1. The van der Waals surface area contributed by atoms with Crippen LogP contribution in [0.25, 0.3) is 0 Å². The van der Waals surface area contributed by atoms with E-state index in [1.807, 2.05) is 31.2 Å². The van der Waals surface area contributed by atoms with Crippen molar-refractivity contribution in [1.29, 1.82) is 0 Å². The minimum Gasteiger partial charge on any atom is -0.494 e. The van der Waals surface area contributed by atoms with Gasteiger partial charge in [-0.25, -0.2) is 4.39 Å². The monoisotopic (exact) mass is 399 g/mol. The zero-order chi connectivity index (χ0) is 21.0. The van der Waals surface area contributed by atoms with Crippen LogP contribution >= 0.6 is 0 Å².